The van der Waals surface area contributed by atoms with Gasteiger partial charge in [0, 0.05) is 39.6 Å². The average Bonchev–Trinajstić information content (AvgIpc) is 3.65. The van der Waals surface area contributed by atoms with Gasteiger partial charge in [-0.1, -0.05) is 164 Å². The van der Waals surface area contributed by atoms with E-state index in [4.69, 9.17) is 19.4 Å². The predicted octanol–water partition coefficient (Wildman–Crippen LogP) is 13.0. The Balaban J connectivity index is 1.07. The second-order valence-electron chi connectivity index (χ2n) is 14.6. The van der Waals surface area contributed by atoms with Crippen molar-refractivity contribution in [1.29, 1.82) is 0 Å². The fourth-order valence-corrected chi connectivity index (χ4v) is 8.86. The molecule has 260 valence electrons. The SMILES string of the molecule is C1=CCC(C2Cc3oc4c(-c5ccc(-c6nc(-c7ccccc7)nc(-c7ccc8ccccc8c7)n6)c6ccccc56)cccc4c3-c3ccccc32)C=C1. The summed E-state index contributed by atoms with van der Waals surface area (Å²) in [5, 5.41) is 5.68. The highest BCUT2D eigenvalue weighted by Gasteiger charge is 2.33. The highest BCUT2D eigenvalue weighted by Crippen LogP contribution is 2.50. The number of para-hydroxylation sites is 1. The maximum absolute atomic E-state index is 7.00. The number of rotatable bonds is 5. The molecule has 0 radical (unpaired) electrons. The van der Waals surface area contributed by atoms with Crippen molar-refractivity contribution in [3.8, 4) is 56.4 Å². The number of aromatic nitrogens is 3. The van der Waals surface area contributed by atoms with Gasteiger partial charge in [0.25, 0.3) is 0 Å². The van der Waals surface area contributed by atoms with Crippen LogP contribution >= 0.6 is 0 Å². The molecule has 2 atom stereocenters. The van der Waals surface area contributed by atoms with Crippen LogP contribution in [0.2, 0.25) is 0 Å². The zero-order valence-corrected chi connectivity index (χ0v) is 30.1. The first-order valence-corrected chi connectivity index (χ1v) is 19.1. The third kappa shape index (κ3) is 5.32. The molecule has 4 nitrogen and oxygen atoms in total. The zero-order valence-electron chi connectivity index (χ0n) is 30.1. The van der Waals surface area contributed by atoms with Gasteiger partial charge in [-0.2, -0.15) is 0 Å². The number of hydrogen-bond donors (Lipinski definition) is 0. The minimum Gasteiger partial charge on any atom is -0.460 e. The van der Waals surface area contributed by atoms with Crippen LogP contribution in [0.5, 0.6) is 0 Å². The minimum absolute atomic E-state index is 0.370. The molecule has 2 aliphatic rings. The molecule has 2 heterocycles. The number of benzene rings is 7. The Morgan fingerprint density at radius 1 is 0.491 bits per heavy atom. The van der Waals surface area contributed by atoms with Gasteiger partial charge in [0.1, 0.15) is 11.3 Å². The number of allylic oxidation sites excluding steroid dienone is 4. The fraction of sp³-hybridized carbons (Fsp3) is 0.0784. The van der Waals surface area contributed by atoms with Gasteiger partial charge < -0.3 is 4.42 Å². The van der Waals surface area contributed by atoms with E-state index in [1.54, 1.807) is 0 Å². The molecule has 2 aromatic heterocycles. The van der Waals surface area contributed by atoms with E-state index in [1.807, 2.05) is 18.2 Å². The summed E-state index contributed by atoms with van der Waals surface area (Å²) in [6, 6.07) is 53.5. The lowest BCUT2D eigenvalue weighted by Crippen LogP contribution is -2.18. The van der Waals surface area contributed by atoms with Crippen LogP contribution < -0.4 is 0 Å². The van der Waals surface area contributed by atoms with Gasteiger partial charge in [-0.25, -0.2) is 15.0 Å². The van der Waals surface area contributed by atoms with Gasteiger partial charge in [-0.05, 0) is 68.6 Å². The number of nitrogens with zero attached hydrogens (tertiary/aromatic N) is 3. The number of furan rings is 1. The predicted molar refractivity (Wildman–Crippen MR) is 225 cm³/mol. The zero-order chi connectivity index (χ0) is 36.3. The van der Waals surface area contributed by atoms with Gasteiger partial charge in [0.15, 0.2) is 17.5 Å². The topological polar surface area (TPSA) is 51.8 Å². The molecule has 0 saturated heterocycles. The molecule has 11 rings (SSSR count). The highest BCUT2D eigenvalue weighted by molar-refractivity contribution is 6.10. The summed E-state index contributed by atoms with van der Waals surface area (Å²) in [5.74, 6) is 3.83. The van der Waals surface area contributed by atoms with E-state index in [1.165, 1.54) is 22.1 Å². The molecule has 9 aromatic rings. The molecule has 0 amide bonds. The Labute approximate surface area is 319 Å². The van der Waals surface area contributed by atoms with Crippen LogP contribution in [-0.2, 0) is 6.42 Å². The standard InChI is InChI=1S/C51H35N3O/c1-3-15-33(16-4-1)45-31-46-47(41-23-12-11-22-39(41)45)44-25-13-24-42(48(44)55-46)40-28-29-43(38-21-10-9-20-37(38)40)51-53-49(34-17-5-2-6-18-34)52-50(54-51)36-27-26-32-14-7-8-19-35(32)30-36/h1-15,17-30,33,45H,16,31H2. The van der Waals surface area contributed by atoms with Gasteiger partial charge in [0.05, 0.1) is 0 Å². The van der Waals surface area contributed by atoms with E-state index < -0.39 is 0 Å². The van der Waals surface area contributed by atoms with Crippen LogP contribution in [0.3, 0.4) is 0 Å². The van der Waals surface area contributed by atoms with Crippen LogP contribution in [0.4, 0.5) is 0 Å². The smallest absolute Gasteiger partial charge is 0.164 e. The molecule has 0 spiro atoms. The van der Waals surface area contributed by atoms with Crippen molar-refractivity contribution in [2.45, 2.75) is 18.8 Å². The quantitative estimate of drug-likeness (QED) is 0.179. The Bertz CT molecular complexity index is 3010. The Morgan fingerprint density at radius 3 is 2.04 bits per heavy atom. The molecule has 2 unspecified atom stereocenters. The van der Waals surface area contributed by atoms with Crippen molar-refractivity contribution < 1.29 is 4.42 Å². The van der Waals surface area contributed by atoms with Crippen molar-refractivity contribution in [2.75, 3.05) is 0 Å². The van der Waals surface area contributed by atoms with E-state index in [0.29, 0.717) is 29.3 Å². The van der Waals surface area contributed by atoms with E-state index in [0.717, 1.165) is 73.5 Å². The van der Waals surface area contributed by atoms with Crippen molar-refractivity contribution in [3.05, 3.63) is 187 Å². The Kier molecular flexibility index (Phi) is 7.41. The average molecular weight is 706 g/mol. The monoisotopic (exact) mass is 705 g/mol. The molecule has 4 heteroatoms. The summed E-state index contributed by atoms with van der Waals surface area (Å²) in [6.07, 6.45) is 10.9. The van der Waals surface area contributed by atoms with Gasteiger partial charge >= 0.3 is 0 Å². The summed E-state index contributed by atoms with van der Waals surface area (Å²) in [4.78, 5) is 15.3. The van der Waals surface area contributed by atoms with Gasteiger partial charge in [-0.3, -0.25) is 0 Å². The van der Waals surface area contributed by atoms with Crippen LogP contribution in [0, 0.1) is 5.92 Å². The molecule has 7 aromatic carbocycles. The van der Waals surface area contributed by atoms with Crippen molar-refractivity contribution >= 4 is 32.5 Å². The molecule has 0 fully saturated rings. The van der Waals surface area contributed by atoms with Crippen LogP contribution in [0.1, 0.15) is 23.7 Å². The molecule has 0 aliphatic heterocycles. The van der Waals surface area contributed by atoms with Crippen molar-refractivity contribution in [3.63, 3.8) is 0 Å². The van der Waals surface area contributed by atoms with E-state index in [9.17, 15) is 0 Å². The lowest BCUT2D eigenvalue weighted by molar-refractivity contribution is 0.448. The van der Waals surface area contributed by atoms with E-state index in [2.05, 4.69) is 158 Å². The Morgan fingerprint density at radius 2 is 1.18 bits per heavy atom. The minimum atomic E-state index is 0.370. The van der Waals surface area contributed by atoms with Crippen molar-refractivity contribution in [1.82, 2.24) is 15.0 Å². The van der Waals surface area contributed by atoms with Crippen molar-refractivity contribution in [2.24, 2.45) is 5.92 Å². The molecule has 0 saturated carbocycles. The summed E-state index contributed by atoms with van der Waals surface area (Å²) in [7, 11) is 0. The van der Waals surface area contributed by atoms with Crippen LogP contribution in [-0.4, -0.2) is 15.0 Å². The first-order valence-electron chi connectivity index (χ1n) is 19.1. The molecular formula is C51H35N3O. The lowest BCUT2D eigenvalue weighted by atomic mass is 9.73. The molecular weight excluding hydrogens is 671 g/mol. The molecule has 2 aliphatic carbocycles. The first-order chi connectivity index (χ1) is 27.3. The molecule has 55 heavy (non-hydrogen) atoms. The fourth-order valence-electron chi connectivity index (χ4n) is 8.86. The summed E-state index contributed by atoms with van der Waals surface area (Å²) in [6.45, 7) is 0. The summed E-state index contributed by atoms with van der Waals surface area (Å²) in [5.41, 5.74) is 9.94. The third-order valence-corrected chi connectivity index (χ3v) is 11.5. The molecule has 0 N–H and O–H groups in total. The Hall–Kier alpha value is -6.91. The molecule has 0 bridgehead atoms. The normalized spacial score (nSPS) is 16.1. The maximum Gasteiger partial charge on any atom is 0.164 e. The second kappa shape index (κ2) is 12.9. The maximum atomic E-state index is 7.00. The number of fused-ring (bicyclic) bond motifs is 7. The van der Waals surface area contributed by atoms with E-state index >= 15 is 0 Å². The van der Waals surface area contributed by atoms with E-state index in [-0.39, 0.29) is 0 Å². The second-order valence-corrected chi connectivity index (χ2v) is 14.6. The lowest BCUT2D eigenvalue weighted by Gasteiger charge is -2.30. The van der Waals surface area contributed by atoms with Gasteiger partial charge in [-0.15, -0.1) is 0 Å². The highest BCUT2D eigenvalue weighted by atomic mass is 16.3. The van der Waals surface area contributed by atoms with Gasteiger partial charge in [0.2, 0.25) is 0 Å². The first kappa shape index (κ1) is 31.6. The summed E-state index contributed by atoms with van der Waals surface area (Å²) < 4.78 is 7.00. The van der Waals surface area contributed by atoms with Crippen LogP contribution in [0.25, 0.3) is 88.9 Å². The van der Waals surface area contributed by atoms with Crippen LogP contribution in [0.15, 0.2) is 180 Å². The largest absolute Gasteiger partial charge is 0.460 e. The summed E-state index contributed by atoms with van der Waals surface area (Å²) >= 11 is 0. The third-order valence-electron chi connectivity index (χ3n) is 11.5. The number of hydrogen-bond acceptors (Lipinski definition) is 4.